The zero-order valence-corrected chi connectivity index (χ0v) is 27.1. The average Bonchev–Trinajstić information content (AvgIpc) is 3.51. The molecule has 0 amide bonds. The lowest BCUT2D eigenvalue weighted by Gasteiger charge is -2.29. The van der Waals surface area contributed by atoms with Crippen molar-refractivity contribution in [2.75, 3.05) is 0 Å². The first-order valence-corrected chi connectivity index (χ1v) is 17.2. The van der Waals surface area contributed by atoms with Crippen LogP contribution in [0.1, 0.15) is 22.6 Å². The fraction of sp³-hybridized carbons (Fsp3) is 0.0417. The Hall–Kier alpha value is -6.18. The second-order valence-corrected chi connectivity index (χ2v) is 13.3. The third-order valence-corrected chi connectivity index (χ3v) is 10.6. The average molecular weight is 624 g/mol. The summed E-state index contributed by atoms with van der Waals surface area (Å²) in [6.07, 6.45) is 1.01. The Bertz CT molecular complexity index is 2680. The molecule has 8 aromatic carbocycles. The summed E-state index contributed by atoms with van der Waals surface area (Å²) in [5.41, 5.74) is 15.5. The zero-order valence-electron chi connectivity index (χ0n) is 27.1. The van der Waals surface area contributed by atoms with Crippen molar-refractivity contribution in [3.63, 3.8) is 0 Å². The lowest BCUT2D eigenvalue weighted by molar-refractivity contribution is 0.795. The van der Waals surface area contributed by atoms with E-state index in [1.54, 1.807) is 0 Å². The molecular formula is C48H33N. The standard InChI is InChI=1S/C48H33N/c1-2-10-32(11-3-1)34-20-24-40(25-21-34)49-47-17-9-8-16-43(47)46-30-37(23-27-48(46)49)36-22-26-42-44(31-38-14-6-7-15-41(38)45(42)29-36)39-19-18-33-12-4-5-13-35(33)28-39/h1-30,44H,31H2. The maximum Gasteiger partial charge on any atom is 0.0541 e. The largest absolute Gasteiger partial charge is 0.309 e. The fourth-order valence-corrected chi connectivity index (χ4v) is 8.15. The Kier molecular flexibility index (Phi) is 6.38. The molecule has 1 unspecified atom stereocenters. The highest BCUT2D eigenvalue weighted by Gasteiger charge is 2.26. The van der Waals surface area contributed by atoms with Gasteiger partial charge in [-0.05, 0) is 104 Å². The van der Waals surface area contributed by atoms with Crippen molar-refractivity contribution < 1.29 is 0 Å². The van der Waals surface area contributed by atoms with Crippen molar-refractivity contribution >= 4 is 32.6 Å². The van der Waals surface area contributed by atoms with Gasteiger partial charge >= 0.3 is 0 Å². The van der Waals surface area contributed by atoms with E-state index in [4.69, 9.17) is 0 Å². The van der Waals surface area contributed by atoms with E-state index in [2.05, 4.69) is 187 Å². The predicted octanol–water partition coefficient (Wildman–Crippen LogP) is 12.6. The second kappa shape index (κ2) is 11.2. The summed E-state index contributed by atoms with van der Waals surface area (Å²) in [4.78, 5) is 0. The maximum absolute atomic E-state index is 2.43. The van der Waals surface area contributed by atoms with Gasteiger partial charge < -0.3 is 4.57 Å². The quantitative estimate of drug-likeness (QED) is 0.184. The van der Waals surface area contributed by atoms with Crippen LogP contribution >= 0.6 is 0 Å². The number of aromatic nitrogens is 1. The molecule has 1 atom stereocenters. The molecule has 0 fully saturated rings. The number of benzene rings is 8. The molecule has 9 aromatic rings. The van der Waals surface area contributed by atoms with E-state index in [9.17, 15) is 0 Å². The second-order valence-electron chi connectivity index (χ2n) is 13.3. The summed E-state index contributed by atoms with van der Waals surface area (Å²) in [6.45, 7) is 0. The van der Waals surface area contributed by atoms with Crippen LogP contribution in [-0.4, -0.2) is 4.57 Å². The van der Waals surface area contributed by atoms with E-state index >= 15 is 0 Å². The van der Waals surface area contributed by atoms with Crippen LogP contribution in [0.4, 0.5) is 0 Å². The molecule has 0 saturated carbocycles. The van der Waals surface area contributed by atoms with Crippen LogP contribution in [-0.2, 0) is 6.42 Å². The van der Waals surface area contributed by atoms with E-state index in [0.29, 0.717) is 5.92 Å². The lowest BCUT2D eigenvalue weighted by atomic mass is 9.75. The first-order valence-electron chi connectivity index (χ1n) is 17.2. The molecule has 10 rings (SSSR count). The monoisotopic (exact) mass is 623 g/mol. The van der Waals surface area contributed by atoms with E-state index in [0.717, 1.165) is 6.42 Å². The molecule has 1 heterocycles. The summed E-state index contributed by atoms with van der Waals surface area (Å²) >= 11 is 0. The van der Waals surface area contributed by atoms with Crippen LogP contribution in [0, 0.1) is 0 Å². The van der Waals surface area contributed by atoms with Crippen molar-refractivity contribution in [1.29, 1.82) is 0 Å². The number of hydrogen-bond donors (Lipinski definition) is 0. The minimum Gasteiger partial charge on any atom is -0.309 e. The van der Waals surface area contributed by atoms with Crippen molar-refractivity contribution in [3.8, 4) is 39.1 Å². The highest BCUT2D eigenvalue weighted by molar-refractivity contribution is 6.10. The molecule has 1 aliphatic carbocycles. The summed E-state index contributed by atoms with van der Waals surface area (Å²) < 4.78 is 2.40. The molecule has 0 saturated heterocycles. The Morgan fingerprint density at radius 2 is 1.08 bits per heavy atom. The molecule has 1 heteroatoms. The first-order chi connectivity index (χ1) is 24.3. The minimum absolute atomic E-state index is 0.317. The summed E-state index contributed by atoms with van der Waals surface area (Å²) in [5, 5.41) is 5.13. The van der Waals surface area contributed by atoms with Crippen LogP contribution in [0.3, 0.4) is 0 Å². The van der Waals surface area contributed by atoms with Crippen LogP contribution in [0.2, 0.25) is 0 Å². The molecule has 1 aliphatic rings. The van der Waals surface area contributed by atoms with E-state index in [1.165, 1.54) is 88.3 Å². The van der Waals surface area contributed by atoms with Gasteiger partial charge in [-0.3, -0.25) is 0 Å². The van der Waals surface area contributed by atoms with Crippen molar-refractivity contribution in [2.24, 2.45) is 0 Å². The van der Waals surface area contributed by atoms with Crippen molar-refractivity contribution in [3.05, 3.63) is 199 Å². The normalized spacial score (nSPS) is 13.8. The fourth-order valence-electron chi connectivity index (χ4n) is 8.15. The number of para-hydroxylation sites is 1. The molecule has 0 bridgehead atoms. The third-order valence-electron chi connectivity index (χ3n) is 10.6. The smallest absolute Gasteiger partial charge is 0.0541 e. The molecule has 49 heavy (non-hydrogen) atoms. The third kappa shape index (κ3) is 4.62. The summed E-state index contributed by atoms with van der Waals surface area (Å²) in [7, 11) is 0. The number of rotatable bonds is 4. The Morgan fingerprint density at radius 1 is 0.408 bits per heavy atom. The number of fused-ring (bicyclic) bond motifs is 7. The van der Waals surface area contributed by atoms with Crippen LogP contribution < -0.4 is 0 Å². The maximum atomic E-state index is 2.43. The molecule has 0 spiro atoms. The van der Waals surface area contributed by atoms with E-state index < -0.39 is 0 Å². The zero-order chi connectivity index (χ0) is 32.3. The Balaban J connectivity index is 1.09. The molecule has 1 nitrogen and oxygen atoms in total. The van der Waals surface area contributed by atoms with Gasteiger partial charge in [0.15, 0.2) is 0 Å². The van der Waals surface area contributed by atoms with Gasteiger partial charge in [0.2, 0.25) is 0 Å². The van der Waals surface area contributed by atoms with Gasteiger partial charge in [-0.1, -0.05) is 146 Å². The highest BCUT2D eigenvalue weighted by atomic mass is 15.0. The SMILES string of the molecule is c1ccc(-c2ccc(-n3c4ccccc4c4cc(-c5ccc6c(c5)-c5ccccc5CC6c5ccc6ccccc6c5)ccc43)cc2)cc1. The van der Waals surface area contributed by atoms with Gasteiger partial charge in [0.1, 0.15) is 0 Å². The van der Waals surface area contributed by atoms with E-state index in [1.807, 2.05) is 0 Å². The topological polar surface area (TPSA) is 4.93 Å². The number of hydrogen-bond acceptors (Lipinski definition) is 0. The molecule has 230 valence electrons. The Morgan fingerprint density at radius 3 is 1.98 bits per heavy atom. The van der Waals surface area contributed by atoms with Crippen LogP contribution in [0.15, 0.2) is 182 Å². The molecule has 0 aliphatic heterocycles. The first kappa shape index (κ1) is 27.9. The van der Waals surface area contributed by atoms with Gasteiger partial charge in [-0.25, -0.2) is 0 Å². The lowest BCUT2D eigenvalue weighted by Crippen LogP contribution is -2.12. The van der Waals surface area contributed by atoms with Crippen molar-refractivity contribution in [1.82, 2.24) is 4.57 Å². The molecule has 0 N–H and O–H groups in total. The predicted molar refractivity (Wildman–Crippen MR) is 207 cm³/mol. The van der Waals surface area contributed by atoms with E-state index in [-0.39, 0.29) is 0 Å². The molecular weight excluding hydrogens is 591 g/mol. The highest BCUT2D eigenvalue weighted by Crippen LogP contribution is 2.45. The van der Waals surface area contributed by atoms with Crippen molar-refractivity contribution in [2.45, 2.75) is 12.3 Å². The van der Waals surface area contributed by atoms with Gasteiger partial charge in [-0.15, -0.1) is 0 Å². The summed E-state index contributed by atoms with van der Waals surface area (Å²) in [6, 6.07) is 67.2. The van der Waals surface area contributed by atoms with Gasteiger partial charge in [-0.2, -0.15) is 0 Å². The Labute approximate surface area is 286 Å². The van der Waals surface area contributed by atoms with Gasteiger partial charge in [0.05, 0.1) is 11.0 Å². The van der Waals surface area contributed by atoms with Crippen LogP contribution in [0.25, 0.3) is 71.6 Å². The number of nitrogens with zero attached hydrogens (tertiary/aromatic N) is 1. The van der Waals surface area contributed by atoms with Gasteiger partial charge in [0.25, 0.3) is 0 Å². The van der Waals surface area contributed by atoms with Crippen LogP contribution in [0.5, 0.6) is 0 Å². The molecule has 0 radical (unpaired) electrons. The molecule has 1 aromatic heterocycles. The summed E-state index contributed by atoms with van der Waals surface area (Å²) in [5.74, 6) is 0.317. The minimum atomic E-state index is 0.317. The van der Waals surface area contributed by atoms with Gasteiger partial charge in [0, 0.05) is 22.4 Å².